The van der Waals surface area contributed by atoms with E-state index in [0.717, 1.165) is 5.56 Å². The number of amides is 1. The predicted molar refractivity (Wildman–Crippen MR) is 59.6 cm³/mol. The average molecular weight is 205 g/mol. The molecule has 80 valence electrons. The second-order valence-electron chi connectivity index (χ2n) is 3.26. The van der Waals surface area contributed by atoms with Crippen molar-refractivity contribution in [3.05, 3.63) is 42.5 Å². The van der Waals surface area contributed by atoms with Crippen LogP contribution in [0.15, 0.2) is 36.9 Å². The summed E-state index contributed by atoms with van der Waals surface area (Å²) in [6.45, 7) is 5.30. The number of rotatable bonds is 5. The van der Waals surface area contributed by atoms with Gasteiger partial charge in [0.1, 0.15) is 5.75 Å². The largest absolute Gasteiger partial charge is 0.481 e. The summed E-state index contributed by atoms with van der Waals surface area (Å²) in [5.74, 6) is 0.215. The van der Waals surface area contributed by atoms with E-state index in [-0.39, 0.29) is 0 Å². The molecule has 0 aromatic heterocycles. The highest BCUT2D eigenvalue weighted by Crippen LogP contribution is 2.19. The molecule has 3 nitrogen and oxygen atoms in total. The summed E-state index contributed by atoms with van der Waals surface area (Å²) in [7, 11) is 0. The Labute approximate surface area is 89.5 Å². The fraction of sp³-hybridized carbons (Fsp3) is 0.250. The van der Waals surface area contributed by atoms with Crippen LogP contribution in [0.1, 0.15) is 12.5 Å². The highest BCUT2D eigenvalue weighted by atomic mass is 16.5. The van der Waals surface area contributed by atoms with E-state index in [9.17, 15) is 4.79 Å². The first-order valence-corrected chi connectivity index (χ1v) is 4.80. The molecule has 2 N–H and O–H groups in total. The molecular weight excluding hydrogens is 190 g/mol. The molecule has 0 saturated heterocycles. The Morgan fingerprint density at radius 3 is 2.87 bits per heavy atom. The van der Waals surface area contributed by atoms with Gasteiger partial charge in [-0.05, 0) is 25.0 Å². The van der Waals surface area contributed by atoms with Gasteiger partial charge in [0.05, 0.1) is 0 Å². The molecule has 1 amide bonds. The summed E-state index contributed by atoms with van der Waals surface area (Å²) < 4.78 is 5.44. The number of para-hydroxylation sites is 1. The summed E-state index contributed by atoms with van der Waals surface area (Å²) in [5.41, 5.74) is 6.12. The molecule has 1 aromatic rings. The van der Waals surface area contributed by atoms with E-state index >= 15 is 0 Å². The van der Waals surface area contributed by atoms with E-state index in [1.807, 2.05) is 24.3 Å². The number of benzene rings is 1. The van der Waals surface area contributed by atoms with E-state index < -0.39 is 12.0 Å². The zero-order chi connectivity index (χ0) is 11.3. The molecule has 0 heterocycles. The van der Waals surface area contributed by atoms with Gasteiger partial charge in [-0.1, -0.05) is 24.3 Å². The van der Waals surface area contributed by atoms with E-state index in [0.29, 0.717) is 12.2 Å². The Morgan fingerprint density at radius 2 is 2.27 bits per heavy atom. The van der Waals surface area contributed by atoms with Crippen molar-refractivity contribution in [1.29, 1.82) is 0 Å². The molecule has 0 aliphatic carbocycles. The Balaban J connectivity index is 2.83. The Morgan fingerprint density at radius 1 is 1.60 bits per heavy atom. The molecule has 1 atom stereocenters. The van der Waals surface area contributed by atoms with Crippen LogP contribution in [0.2, 0.25) is 0 Å². The lowest BCUT2D eigenvalue weighted by Crippen LogP contribution is -2.30. The zero-order valence-corrected chi connectivity index (χ0v) is 8.77. The minimum Gasteiger partial charge on any atom is -0.481 e. The fourth-order valence-corrected chi connectivity index (χ4v) is 1.19. The smallest absolute Gasteiger partial charge is 0.258 e. The van der Waals surface area contributed by atoms with E-state index in [2.05, 4.69) is 6.58 Å². The molecule has 0 radical (unpaired) electrons. The van der Waals surface area contributed by atoms with E-state index in [1.54, 1.807) is 13.0 Å². The monoisotopic (exact) mass is 205 g/mol. The van der Waals surface area contributed by atoms with Crippen molar-refractivity contribution in [2.75, 3.05) is 0 Å². The SMILES string of the molecule is C=CCc1ccccc1OC(C)C(N)=O. The van der Waals surface area contributed by atoms with Crippen LogP contribution in [0.4, 0.5) is 0 Å². The lowest BCUT2D eigenvalue weighted by molar-refractivity contribution is -0.123. The quantitative estimate of drug-likeness (QED) is 0.743. The van der Waals surface area contributed by atoms with Gasteiger partial charge in [-0.15, -0.1) is 6.58 Å². The van der Waals surface area contributed by atoms with Crippen LogP contribution in [-0.2, 0) is 11.2 Å². The van der Waals surface area contributed by atoms with Crippen molar-refractivity contribution in [3.8, 4) is 5.75 Å². The van der Waals surface area contributed by atoms with Crippen LogP contribution in [0, 0.1) is 0 Å². The molecule has 0 bridgehead atoms. The summed E-state index contributed by atoms with van der Waals surface area (Å²) in [6, 6.07) is 7.53. The van der Waals surface area contributed by atoms with Crippen molar-refractivity contribution in [2.24, 2.45) is 5.73 Å². The summed E-state index contributed by atoms with van der Waals surface area (Å²) in [6.07, 6.45) is 1.88. The first-order valence-electron chi connectivity index (χ1n) is 4.80. The number of hydrogen-bond acceptors (Lipinski definition) is 2. The van der Waals surface area contributed by atoms with Crippen molar-refractivity contribution >= 4 is 5.91 Å². The topological polar surface area (TPSA) is 52.3 Å². The molecule has 15 heavy (non-hydrogen) atoms. The average Bonchev–Trinajstić information content (AvgIpc) is 2.21. The number of ether oxygens (including phenoxy) is 1. The van der Waals surface area contributed by atoms with Crippen molar-refractivity contribution < 1.29 is 9.53 Å². The summed E-state index contributed by atoms with van der Waals surface area (Å²) >= 11 is 0. The fourth-order valence-electron chi connectivity index (χ4n) is 1.19. The maximum Gasteiger partial charge on any atom is 0.258 e. The molecule has 0 saturated carbocycles. The first kappa shape index (κ1) is 11.3. The van der Waals surface area contributed by atoms with Gasteiger partial charge < -0.3 is 10.5 Å². The second-order valence-corrected chi connectivity index (χ2v) is 3.26. The lowest BCUT2D eigenvalue weighted by Gasteiger charge is -2.14. The van der Waals surface area contributed by atoms with E-state index in [4.69, 9.17) is 10.5 Å². The van der Waals surface area contributed by atoms with Crippen LogP contribution in [0.3, 0.4) is 0 Å². The number of primary amides is 1. The Kier molecular flexibility index (Phi) is 3.92. The molecule has 0 aliphatic heterocycles. The van der Waals surface area contributed by atoms with Crippen LogP contribution in [0.5, 0.6) is 5.75 Å². The zero-order valence-electron chi connectivity index (χ0n) is 8.77. The molecule has 0 spiro atoms. The third-order valence-corrected chi connectivity index (χ3v) is 2.04. The third-order valence-electron chi connectivity index (χ3n) is 2.04. The van der Waals surface area contributed by atoms with Crippen LogP contribution >= 0.6 is 0 Å². The molecule has 0 fully saturated rings. The molecule has 3 heteroatoms. The second kappa shape index (κ2) is 5.20. The van der Waals surface area contributed by atoms with Gasteiger partial charge in [-0.3, -0.25) is 4.79 Å². The highest BCUT2D eigenvalue weighted by molar-refractivity contribution is 5.78. The normalized spacial score (nSPS) is 11.8. The van der Waals surface area contributed by atoms with Gasteiger partial charge in [-0.25, -0.2) is 0 Å². The van der Waals surface area contributed by atoms with Crippen LogP contribution < -0.4 is 10.5 Å². The Bertz CT molecular complexity index is 360. The molecule has 1 unspecified atom stereocenters. The maximum absolute atomic E-state index is 10.8. The third kappa shape index (κ3) is 3.13. The van der Waals surface area contributed by atoms with Gasteiger partial charge in [0.25, 0.3) is 5.91 Å². The molecule has 1 aromatic carbocycles. The summed E-state index contributed by atoms with van der Waals surface area (Å²) in [5, 5.41) is 0. The van der Waals surface area contributed by atoms with Crippen LogP contribution in [0.25, 0.3) is 0 Å². The van der Waals surface area contributed by atoms with Gasteiger partial charge in [0, 0.05) is 0 Å². The molecule has 0 aliphatic rings. The number of nitrogens with two attached hydrogens (primary N) is 1. The van der Waals surface area contributed by atoms with Gasteiger partial charge in [-0.2, -0.15) is 0 Å². The highest BCUT2D eigenvalue weighted by Gasteiger charge is 2.11. The number of allylic oxidation sites excluding steroid dienone is 1. The van der Waals surface area contributed by atoms with Crippen molar-refractivity contribution in [3.63, 3.8) is 0 Å². The molecular formula is C12H15NO2. The number of hydrogen-bond donors (Lipinski definition) is 1. The van der Waals surface area contributed by atoms with Gasteiger partial charge >= 0.3 is 0 Å². The summed E-state index contributed by atoms with van der Waals surface area (Å²) in [4.78, 5) is 10.8. The Hall–Kier alpha value is -1.77. The van der Waals surface area contributed by atoms with E-state index in [1.165, 1.54) is 0 Å². The predicted octanol–water partition coefficient (Wildman–Crippen LogP) is 1.67. The minimum absolute atomic E-state index is 0.469. The number of carbonyl (C=O) groups excluding carboxylic acids is 1. The number of carbonyl (C=O) groups is 1. The van der Waals surface area contributed by atoms with Crippen molar-refractivity contribution in [1.82, 2.24) is 0 Å². The maximum atomic E-state index is 10.8. The van der Waals surface area contributed by atoms with Gasteiger partial charge in [0.15, 0.2) is 6.10 Å². The standard InChI is InChI=1S/C12H15NO2/c1-3-6-10-7-4-5-8-11(10)15-9(2)12(13)14/h3-5,7-9H,1,6H2,2H3,(H2,13,14). The first-order chi connectivity index (χ1) is 7.15. The van der Waals surface area contributed by atoms with Crippen LogP contribution in [-0.4, -0.2) is 12.0 Å². The lowest BCUT2D eigenvalue weighted by atomic mass is 10.1. The van der Waals surface area contributed by atoms with Crippen molar-refractivity contribution in [2.45, 2.75) is 19.4 Å². The van der Waals surface area contributed by atoms with Gasteiger partial charge in [0.2, 0.25) is 0 Å². The minimum atomic E-state index is -0.615. The molecule has 1 rings (SSSR count).